The van der Waals surface area contributed by atoms with Gasteiger partial charge in [0.1, 0.15) is 6.04 Å². The first-order valence-corrected chi connectivity index (χ1v) is 5.37. The lowest BCUT2D eigenvalue weighted by molar-refractivity contribution is -0.139. The molecule has 0 radical (unpaired) electrons. The van der Waals surface area contributed by atoms with Crippen LogP contribution in [0.25, 0.3) is 0 Å². The number of hydrogen-bond donors (Lipinski definition) is 3. The van der Waals surface area contributed by atoms with E-state index in [0.717, 1.165) is 12.8 Å². The minimum Gasteiger partial charge on any atom is -0.480 e. The Balaban J connectivity index is 3.78. The largest absolute Gasteiger partial charge is 0.480 e. The van der Waals surface area contributed by atoms with Crippen molar-refractivity contribution in [3.8, 4) is 0 Å². The minimum absolute atomic E-state index is 0.0478. The van der Waals surface area contributed by atoms with Gasteiger partial charge in [-0.2, -0.15) is 0 Å². The van der Waals surface area contributed by atoms with E-state index < -0.39 is 12.0 Å². The lowest BCUT2D eigenvalue weighted by Gasteiger charge is -2.14. The summed E-state index contributed by atoms with van der Waals surface area (Å²) < 4.78 is 0. The number of aliphatic imine (C=N–C) groups is 1. The molecule has 0 fully saturated rings. The molecule has 0 bridgehead atoms. The molecular formula is C11H21N3O2. The molecule has 2 unspecified atom stereocenters. The van der Waals surface area contributed by atoms with Crippen LogP contribution in [-0.2, 0) is 4.79 Å². The normalized spacial score (nSPS) is 15.5. The van der Waals surface area contributed by atoms with Gasteiger partial charge < -0.3 is 16.6 Å². The Labute approximate surface area is 96.2 Å². The van der Waals surface area contributed by atoms with Crippen LogP contribution in [0.15, 0.2) is 17.6 Å². The van der Waals surface area contributed by atoms with Gasteiger partial charge in [0.25, 0.3) is 0 Å². The number of carbonyl (C=O) groups is 1. The molecule has 0 aliphatic carbocycles. The summed E-state index contributed by atoms with van der Waals surface area (Å²) in [6.45, 7) is 5.99. The number of nitrogens with two attached hydrogens (primary N) is 2. The van der Waals surface area contributed by atoms with Gasteiger partial charge in [-0.15, -0.1) is 6.58 Å². The standard InChI is InChI=1S/C11H21N3O2/c1-3-5-9(12)14-7-4-6-8(2)10(13)11(15)16/h3,8,10H,1,4-7,13H2,2H3,(H2,12,14)(H,15,16). The molecule has 0 amide bonds. The van der Waals surface area contributed by atoms with Crippen molar-refractivity contribution in [2.45, 2.75) is 32.2 Å². The van der Waals surface area contributed by atoms with Crippen molar-refractivity contribution in [3.05, 3.63) is 12.7 Å². The Kier molecular flexibility index (Phi) is 7.20. The van der Waals surface area contributed by atoms with E-state index in [9.17, 15) is 4.79 Å². The number of aliphatic carboxylic acids is 1. The molecule has 0 aliphatic rings. The molecule has 0 spiro atoms. The number of nitrogens with zero attached hydrogens (tertiary/aromatic N) is 1. The maximum Gasteiger partial charge on any atom is 0.320 e. The monoisotopic (exact) mass is 227 g/mol. The number of rotatable bonds is 8. The zero-order valence-electron chi connectivity index (χ0n) is 9.72. The van der Waals surface area contributed by atoms with Crippen molar-refractivity contribution in [2.75, 3.05) is 6.54 Å². The molecule has 0 aromatic rings. The van der Waals surface area contributed by atoms with Crippen LogP contribution in [0, 0.1) is 5.92 Å². The van der Waals surface area contributed by atoms with Crippen LogP contribution in [0.2, 0.25) is 0 Å². The van der Waals surface area contributed by atoms with Gasteiger partial charge in [-0.05, 0) is 18.8 Å². The van der Waals surface area contributed by atoms with Crippen LogP contribution in [-0.4, -0.2) is 29.5 Å². The maximum atomic E-state index is 10.6. The van der Waals surface area contributed by atoms with E-state index in [4.69, 9.17) is 16.6 Å². The van der Waals surface area contributed by atoms with Crippen molar-refractivity contribution in [2.24, 2.45) is 22.4 Å². The third-order valence-electron chi connectivity index (χ3n) is 2.38. The Morgan fingerprint density at radius 1 is 1.62 bits per heavy atom. The third-order valence-corrected chi connectivity index (χ3v) is 2.38. The van der Waals surface area contributed by atoms with Crippen LogP contribution in [0.4, 0.5) is 0 Å². The number of amidine groups is 1. The topological polar surface area (TPSA) is 102 Å². The highest BCUT2D eigenvalue weighted by atomic mass is 16.4. The average molecular weight is 227 g/mol. The predicted octanol–water partition coefficient (Wildman–Crippen LogP) is 0.748. The molecule has 0 aromatic heterocycles. The zero-order chi connectivity index (χ0) is 12.6. The van der Waals surface area contributed by atoms with Gasteiger partial charge >= 0.3 is 5.97 Å². The van der Waals surface area contributed by atoms with Gasteiger partial charge in [-0.1, -0.05) is 13.0 Å². The second kappa shape index (κ2) is 7.87. The van der Waals surface area contributed by atoms with Crippen molar-refractivity contribution in [1.82, 2.24) is 0 Å². The molecule has 92 valence electrons. The van der Waals surface area contributed by atoms with Gasteiger partial charge in [0.05, 0.1) is 5.84 Å². The van der Waals surface area contributed by atoms with Crippen LogP contribution in [0.5, 0.6) is 0 Å². The molecule has 0 saturated carbocycles. The lowest BCUT2D eigenvalue weighted by Crippen LogP contribution is -2.36. The summed E-state index contributed by atoms with van der Waals surface area (Å²) in [6, 6.07) is -0.797. The van der Waals surface area contributed by atoms with E-state index in [0.29, 0.717) is 18.8 Å². The highest BCUT2D eigenvalue weighted by molar-refractivity contribution is 5.81. The molecule has 0 saturated heterocycles. The second-order valence-electron chi connectivity index (χ2n) is 3.85. The van der Waals surface area contributed by atoms with Gasteiger partial charge in [0.2, 0.25) is 0 Å². The first-order chi connectivity index (χ1) is 7.49. The molecule has 0 aromatic carbocycles. The van der Waals surface area contributed by atoms with Crippen LogP contribution in [0.1, 0.15) is 26.2 Å². The smallest absolute Gasteiger partial charge is 0.320 e. The van der Waals surface area contributed by atoms with E-state index in [2.05, 4.69) is 11.6 Å². The Morgan fingerprint density at radius 3 is 2.75 bits per heavy atom. The third kappa shape index (κ3) is 6.19. The number of carboxylic acid groups (broad SMARTS) is 1. The Morgan fingerprint density at radius 2 is 2.25 bits per heavy atom. The highest BCUT2D eigenvalue weighted by Crippen LogP contribution is 2.09. The summed E-state index contributed by atoms with van der Waals surface area (Å²) in [6.07, 6.45) is 3.81. The maximum absolute atomic E-state index is 10.6. The molecule has 2 atom stereocenters. The van der Waals surface area contributed by atoms with Crippen molar-refractivity contribution in [1.29, 1.82) is 0 Å². The SMILES string of the molecule is C=CCC(N)=NCCCC(C)C(N)C(=O)O. The van der Waals surface area contributed by atoms with Crippen molar-refractivity contribution in [3.63, 3.8) is 0 Å². The predicted molar refractivity (Wildman–Crippen MR) is 65.3 cm³/mol. The first-order valence-electron chi connectivity index (χ1n) is 5.37. The fourth-order valence-corrected chi connectivity index (χ4v) is 1.27. The van der Waals surface area contributed by atoms with Gasteiger partial charge in [-0.3, -0.25) is 9.79 Å². The summed E-state index contributed by atoms with van der Waals surface area (Å²) in [5.41, 5.74) is 11.0. The summed E-state index contributed by atoms with van der Waals surface area (Å²) >= 11 is 0. The van der Waals surface area contributed by atoms with Crippen LogP contribution in [0.3, 0.4) is 0 Å². The quantitative estimate of drug-likeness (QED) is 0.246. The molecule has 0 aliphatic heterocycles. The average Bonchev–Trinajstić information content (AvgIpc) is 2.23. The fourth-order valence-electron chi connectivity index (χ4n) is 1.27. The molecule has 0 heterocycles. The van der Waals surface area contributed by atoms with Crippen molar-refractivity contribution >= 4 is 11.8 Å². The van der Waals surface area contributed by atoms with Crippen LogP contribution >= 0.6 is 0 Å². The molecular weight excluding hydrogens is 206 g/mol. The Bertz CT molecular complexity index is 264. The first kappa shape index (κ1) is 14.6. The van der Waals surface area contributed by atoms with Crippen LogP contribution < -0.4 is 11.5 Å². The highest BCUT2D eigenvalue weighted by Gasteiger charge is 2.18. The van der Waals surface area contributed by atoms with Gasteiger partial charge in [0.15, 0.2) is 0 Å². The molecule has 16 heavy (non-hydrogen) atoms. The lowest BCUT2D eigenvalue weighted by atomic mass is 9.97. The molecule has 0 rings (SSSR count). The minimum atomic E-state index is -0.956. The summed E-state index contributed by atoms with van der Waals surface area (Å²) in [5.74, 6) is -0.444. The summed E-state index contributed by atoms with van der Waals surface area (Å²) in [7, 11) is 0. The fraction of sp³-hybridized carbons (Fsp3) is 0.636. The zero-order valence-corrected chi connectivity index (χ0v) is 9.72. The van der Waals surface area contributed by atoms with E-state index in [1.54, 1.807) is 6.08 Å². The molecule has 5 N–H and O–H groups in total. The summed E-state index contributed by atoms with van der Waals surface area (Å²) in [5, 5.41) is 8.68. The van der Waals surface area contributed by atoms with Gasteiger partial charge in [-0.25, -0.2) is 0 Å². The molecule has 5 nitrogen and oxygen atoms in total. The number of carboxylic acids is 1. The second-order valence-corrected chi connectivity index (χ2v) is 3.85. The van der Waals surface area contributed by atoms with E-state index in [1.165, 1.54) is 0 Å². The van der Waals surface area contributed by atoms with Crippen molar-refractivity contribution < 1.29 is 9.90 Å². The van der Waals surface area contributed by atoms with E-state index in [1.807, 2.05) is 6.92 Å². The number of hydrogen-bond acceptors (Lipinski definition) is 3. The summed E-state index contributed by atoms with van der Waals surface area (Å²) in [4.78, 5) is 14.7. The van der Waals surface area contributed by atoms with Gasteiger partial charge in [0, 0.05) is 13.0 Å². The molecule has 5 heteroatoms. The van der Waals surface area contributed by atoms with E-state index in [-0.39, 0.29) is 5.92 Å². The van der Waals surface area contributed by atoms with E-state index >= 15 is 0 Å². The Hall–Kier alpha value is -1.36.